The fourth-order valence-corrected chi connectivity index (χ4v) is 4.09. The van der Waals surface area contributed by atoms with Crippen molar-refractivity contribution in [3.63, 3.8) is 0 Å². The molecule has 26 heavy (non-hydrogen) atoms. The number of imidazole rings is 1. The van der Waals surface area contributed by atoms with Crippen LogP contribution >= 0.6 is 34.8 Å². The van der Waals surface area contributed by atoms with Crippen LogP contribution in [0.1, 0.15) is 19.9 Å². The van der Waals surface area contributed by atoms with Crippen LogP contribution in [-0.2, 0) is 19.1 Å². The minimum atomic E-state index is -1.97. The Bertz CT molecular complexity index is 882. The summed E-state index contributed by atoms with van der Waals surface area (Å²) in [6.45, 7) is 3.25. The van der Waals surface area contributed by atoms with Gasteiger partial charge in [0.2, 0.25) is 11.4 Å². The Morgan fingerprint density at radius 3 is 2.35 bits per heavy atom. The molecule has 0 bridgehead atoms. The van der Waals surface area contributed by atoms with Crippen LogP contribution < -0.4 is 5.73 Å². The first-order valence-corrected chi connectivity index (χ1v) is 8.74. The second-order valence-corrected chi connectivity index (χ2v) is 7.21. The summed E-state index contributed by atoms with van der Waals surface area (Å²) in [4.78, 5) is 37.2. The molecule has 1 aliphatic carbocycles. The van der Waals surface area contributed by atoms with Crippen molar-refractivity contribution in [2.75, 3.05) is 18.9 Å². The molecule has 0 saturated heterocycles. The van der Waals surface area contributed by atoms with E-state index in [-0.39, 0.29) is 35.5 Å². The van der Waals surface area contributed by atoms with E-state index in [0.717, 1.165) is 0 Å². The summed E-state index contributed by atoms with van der Waals surface area (Å²) in [6.07, 6.45) is 1.30. The number of nitrogens with zero attached hydrogens (tertiary/aromatic N) is 4. The monoisotopic (exact) mass is 421 g/mol. The Morgan fingerprint density at radius 2 is 1.81 bits per heavy atom. The summed E-state index contributed by atoms with van der Waals surface area (Å²) in [5, 5.41) is 0.0134. The number of nitrogen functional groups attached to an aromatic ring is 1. The van der Waals surface area contributed by atoms with E-state index in [2.05, 4.69) is 15.0 Å². The molecule has 1 fully saturated rings. The largest absolute Gasteiger partial charge is 0.465 e. The third kappa shape index (κ3) is 2.41. The molecule has 2 aromatic rings. The molecule has 1 unspecified atom stereocenters. The summed E-state index contributed by atoms with van der Waals surface area (Å²) < 4.78 is 9.58. The fourth-order valence-electron chi connectivity index (χ4n) is 2.93. The summed E-state index contributed by atoms with van der Waals surface area (Å²) in [7, 11) is 0. The molecule has 140 valence electrons. The van der Waals surface area contributed by atoms with Crippen molar-refractivity contribution < 1.29 is 19.1 Å². The fraction of sp³-hybridized carbons (Fsp3) is 0.500. The molecular weight excluding hydrogens is 409 g/mol. The lowest BCUT2D eigenvalue weighted by atomic mass is 10.1. The molecule has 12 heteroatoms. The van der Waals surface area contributed by atoms with Crippen LogP contribution in [0, 0.1) is 5.41 Å². The van der Waals surface area contributed by atoms with Crippen LogP contribution in [0.2, 0.25) is 5.15 Å². The summed E-state index contributed by atoms with van der Waals surface area (Å²) in [6, 6.07) is -1.08. The highest BCUT2D eigenvalue weighted by Gasteiger charge is 2.88. The second kappa shape index (κ2) is 6.40. The predicted octanol–water partition coefficient (Wildman–Crippen LogP) is 1.90. The number of fused-ring (bicyclic) bond motifs is 1. The third-order valence-corrected chi connectivity index (χ3v) is 5.34. The number of rotatable bonds is 5. The maximum Gasteiger partial charge on any atom is 0.329 e. The van der Waals surface area contributed by atoms with Crippen molar-refractivity contribution in [2.24, 2.45) is 5.41 Å². The number of aromatic nitrogens is 4. The van der Waals surface area contributed by atoms with Crippen molar-refractivity contribution in [2.45, 2.75) is 24.2 Å². The van der Waals surface area contributed by atoms with Gasteiger partial charge in [0.15, 0.2) is 15.1 Å². The number of hydrogen-bond donors (Lipinski definition) is 1. The molecule has 1 saturated carbocycles. The van der Waals surface area contributed by atoms with Gasteiger partial charge in [-0.2, -0.15) is 9.97 Å². The number of halogens is 3. The average molecular weight is 423 g/mol. The van der Waals surface area contributed by atoms with E-state index >= 15 is 0 Å². The predicted molar refractivity (Wildman–Crippen MR) is 93.9 cm³/mol. The Morgan fingerprint density at radius 1 is 1.23 bits per heavy atom. The lowest BCUT2D eigenvalue weighted by Gasteiger charge is -2.15. The van der Waals surface area contributed by atoms with Gasteiger partial charge in [0.05, 0.1) is 19.5 Å². The number of carbonyl (C=O) groups is 2. The van der Waals surface area contributed by atoms with Crippen LogP contribution in [0.4, 0.5) is 5.95 Å². The maximum atomic E-state index is 12.6. The normalized spacial score (nSPS) is 20.0. The summed E-state index contributed by atoms with van der Waals surface area (Å²) >= 11 is 18.8. The van der Waals surface area contributed by atoms with Crippen LogP contribution in [0.5, 0.6) is 0 Å². The molecule has 0 aromatic carbocycles. The molecule has 0 radical (unpaired) electrons. The van der Waals surface area contributed by atoms with Gasteiger partial charge in [-0.3, -0.25) is 9.59 Å². The molecule has 2 heterocycles. The summed E-state index contributed by atoms with van der Waals surface area (Å²) in [5.74, 6) is -1.91. The Labute approximate surface area is 162 Å². The Balaban J connectivity index is 2.18. The topological polar surface area (TPSA) is 122 Å². The smallest absolute Gasteiger partial charge is 0.329 e. The molecule has 3 rings (SSSR count). The maximum absolute atomic E-state index is 12.6. The highest BCUT2D eigenvalue weighted by molar-refractivity contribution is 6.56. The van der Waals surface area contributed by atoms with Gasteiger partial charge >= 0.3 is 11.9 Å². The Kier molecular flexibility index (Phi) is 4.66. The molecule has 1 aliphatic rings. The van der Waals surface area contributed by atoms with Crippen molar-refractivity contribution >= 4 is 63.9 Å². The van der Waals surface area contributed by atoms with Crippen molar-refractivity contribution in [1.82, 2.24) is 19.5 Å². The van der Waals surface area contributed by atoms with Crippen molar-refractivity contribution in [3.05, 3.63) is 11.5 Å². The van der Waals surface area contributed by atoms with E-state index in [0.29, 0.717) is 0 Å². The highest BCUT2D eigenvalue weighted by atomic mass is 35.5. The lowest BCUT2D eigenvalue weighted by Crippen LogP contribution is -2.35. The van der Waals surface area contributed by atoms with Gasteiger partial charge in [-0.1, -0.05) is 34.8 Å². The summed E-state index contributed by atoms with van der Waals surface area (Å²) in [5.41, 5.74) is 4.05. The molecule has 2 N–H and O–H groups in total. The van der Waals surface area contributed by atoms with Crippen LogP contribution in [0.3, 0.4) is 0 Å². The second-order valence-electron chi connectivity index (χ2n) is 5.47. The van der Waals surface area contributed by atoms with E-state index in [9.17, 15) is 9.59 Å². The molecular formula is C14H14Cl3N5O4. The number of esters is 2. The van der Waals surface area contributed by atoms with Gasteiger partial charge in [0.25, 0.3) is 0 Å². The average Bonchev–Trinajstić information content (AvgIpc) is 2.85. The van der Waals surface area contributed by atoms with Gasteiger partial charge < -0.3 is 19.8 Å². The van der Waals surface area contributed by atoms with Crippen molar-refractivity contribution in [3.8, 4) is 0 Å². The minimum absolute atomic E-state index is 0.0134. The van der Waals surface area contributed by atoms with E-state index in [1.807, 2.05) is 0 Å². The first-order chi connectivity index (χ1) is 12.2. The van der Waals surface area contributed by atoms with E-state index < -0.39 is 27.7 Å². The first-order valence-electron chi connectivity index (χ1n) is 7.61. The number of alkyl halides is 2. The van der Waals surface area contributed by atoms with Crippen LogP contribution in [0.25, 0.3) is 11.2 Å². The number of ether oxygens (including phenoxy) is 2. The number of nitrogens with two attached hydrogens (primary N) is 1. The van der Waals surface area contributed by atoms with E-state index in [1.54, 1.807) is 13.8 Å². The van der Waals surface area contributed by atoms with Gasteiger partial charge in [0.1, 0.15) is 11.6 Å². The van der Waals surface area contributed by atoms with Gasteiger partial charge in [0, 0.05) is 0 Å². The first kappa shape index (κ1) is 18.9. The van der Waals surface area contributed by atoms with Crippen LogP contribution in [0.15, 0.2) is 6.33 Å². The zero-order valence-corrected chi connectivity index (χ0v) is 16.0. The number of anilines is 1. The quantitative estimate of drug-likeness (QED) is 0.335. The lowest BCUT2D eigenvalue weighted by molar-refractivity contribution is -0.164. The zero-order chi connectivity index (χ0) is 19.3. The van der Waals surface area contributed by atoms with E-state index in [1.165, 1.54) is 10.9 Å². The van der Waals surface area contributed by atoms with Gasteiger partial charge in [-0.15, -0.1) is 0 Å². The van der Waals surface area contributed by atoms with Gasteiger partial charge in [-0.25, -0.2) is 4.98 Å². The minimum Gasteiger partial charge on any atom is -0.465 e. The van der Waals surface area contributed by atoms with Crippen molar-refractivity contribution in [1.29, 1.82) is 0 Å². The molecule has 0 aliphatic heterocycles. The van der Waals surface area contributed by atoms with Crippen LogP contribution in [-0.4, -0.2) is 49.0 Å². The molecule has 0 amide bonds. The number of hydrogen-bond acceptors (Lipinski definition) is 8. The standard InChI is InChI=1S/C14H14Cl3N5O4/c1-3-25-10(23)13(11(24)26-4-2)9(14(13,16)17)22-5-19-6-7(15)20-12(18)21-8(6)22/h5,9H,3-4H2,1-2H3,(H2,18,20,21). The van der Waals surface area contributed by atoms with E-state index in [4.69, 9.17) is 50.0 Å². The van der Waals surface area contributed by atoms with Gasteiger partial charge in [-0.05, 0) is 13.8 Å². The SMILES string of the molecule is CCOC(=O)C1(C(=O)OCC)C(n2cnc3c(Cl)nc(N)nc32)C1(Cl)Cl. The Hall–Kier alpha value is -1.84. The number of carbonyl (C=O) groups excluding carboxylic acids is 2. The zero-order valence-electron chi connectivity index (χ0n) is 13.7. The third-order valence-electron chi connectivity index (χ3n) is 4.07. The molecule has 2 aromatic heterocycles. The highest BCUT2D eigenvalue weighted by Crippen LogP contribution is 2.73. The molecule has 0 spiro atoms. The molecule has 1 atom stereocenters. The molecule has 9 nitrogen and oxygen atoms in total.